The highest BCUT2D eigenvalue weighted by molar-refractivity contribution is 5.93. The molecule has 0 spiro atoms. The summed E-state index contributed by atoms with van der Waals surface area (Å²) >= 11 is 0. The molecule has 0 bridgehead atoms. The van der Waals surface area contributed by atoms with Crippen LogP contribution in [0.2, 0.25) is 0 Å². The highest BCUT2D eigenvalue weighted by Crippen LogP contribution is 2.48. The van der Waals surface area contributed by atoms with E-state index < -0.39 is 30.3 Å². The molecule has 1 heterocycles. The second kappa shape index (κ2) is 6.79. The van der Waals surface area contributed by atoms with E-state index in [1.165, 1.54) is 13.2 Å². The number of amides is 1. The molecule has 26 heavy (non-hydrogen) atoms. The Balaban J connectivity index is 1.81. The Morgan fingerprint density at radius 3 is 2.69 bits per heavy atom. The summed E-state index contributed by atoms with van der Waals surface area (Å²) < 4.78 is 51.3. The smallest absolute Gasteiger partial charge is 0.439 e. The molecular weight excluding hydrogens is 353 g/mol. The first-order valence-corrected chi connectivity index (χ1v) is 8.24. The number of hydrogen-bond donors (Lipinski definition) is 1. The van der Waals surface area contributed by atoms with Crippen LogP contribution in [-0.2, 0) is 4.79 Å². The highest BCUT2D eigenvalue weighted by Gasteiger charge is 2.68. The van der Waals surface area contributed by atoms with E-state index in [-0.39, 0.29) is 22.9 Å². The summed E-state index contributed by atoms with van der Waals surface area (Å²) in [7, 11) is 1.41. The van der Waals surface area contributed by atoms with Gasteiger partial charge in [0, 0.05) is 5.71 Å². The van der Waals surface area contributed by atoms with Crippen molar-refractivity contribution in [2.75, 3.05) is 13.7 Å². The predicted molar refractivity (Wildman–Crippen MR) is 85.7 cm³/mol. The van der Waals surface area contributed by atoms with Crippen LogP contribution in [0.1, 0.15) is 25.7 Å². The number of nitrogens with zero attached hydrogens (tertiary/aromatic N) is 2. The first-order valence-electron chi connectivity index (χ1n) is 8.24. The molecule has 1 aliphatic carbocycles. The van der Waals surface area contributed by atoms with E-state index in [1.807, 2.05) is 0 Å². The lowest BCUT2D eigenvalue weighted by atomic mass is 9.80. The van der Waals surface area contributed by atoms with Crippen LogP contribution in [0.5, 0.6) is 11.5 Å². The molecule has 9 heteroatoms. The summed E-state index contributed by atoms with van der Waals surface area (Å²) in [6, 6.07) is 6.44. The molecule has 0 aromatic heterocycles. The number of aliphatic hydroxyl groups is 1. The van der Waals surface area contributed by atoms with E-state index in [9.17, 15) is 23.1 Å². The van der Waals surface area contributed by atoms with Crippen molar-refractivity contribution in [1.82, 2.24) is 5.01 Å². The summed E-state index contributed by atoms with van der Waals surface area (Å²) in [5, 5.41) is 14.4. The van der Waals surface area contributed by atoms with E-state index in [4.69, 9.17) is 9.47 Å². The maximum Gasteiger partial charge on any atom is 0.439 e. The molecule has 6 nitrogen and oxygen atoms in total. The van der Waals surface area contributed by atoms with Crippen molar-refractivity contribution in [2.45, 2.75) is 37.6 Å². The maximum absolute atomic E-state index is 13.6. The molecule has 1 N–H and O–H groups in total. The molecule has 2 aliphatic rings. The molecule has 1 fully saturated rings. The minimum atomic E-state index is -5.03. The largest absolute Gasteiger partial charge is 0.493 e. The van der Waals surface area contributed by atoms with Gasteiger partial charge >= 0.3 is 6.18 Å². The Hall–Kier alpha value is -2.29. The van der Waals surface area contributed by atoms with E-state index >= 15 is 0 Å². The van der Waals surface area contributed by atoms with Crippen LogP contribution in [-0.4, -0.2) is 47.4 Å². The third-order valence-corrected chi connectivity index (χ3v) is 4.69. The topological polar surface area (TPSA) is 71.4 Å². The molecular formula is C17H19F3N2O4. The van der Waals surface area contributed by atoms with Gasteiger partial charge in [0.25, 0.3) is 11.6 Å². The van der Waals surface area contributed by atoms with Gasteiger partial charge in [-0.1, -0.05) is 18.6 Å². The Kier molecular flexibility index (Phi) is 4.83. The van der Waals surface area contributed by atoms with Gasteiger partial charge in [0.1, 0.15) is 0 Å². The number of ether oxygens (including phenoxy) is 2. The minimum Gasteiger partial charge on any atom is -0.493 e. The van der Waals surface area contributed by atoms with Gasteiger partial charge in [-0.2, -0.15) is 23.3 Å². The lowest BCUT2D eigenvalue weighted by molar-refractivity contribution is -0.317. The van der Waals surface area contributed by atoms with E-state index in [2.05, 4.69) is 5.10 Å². The first kappa shape index (κ1) is 18.5. The number of hydrazone groups is 1. The third-order valence-electron chi connectivity index (χ3n) is 4.69. The molecule has 0 radical (unpaired) electrons. The van der Waals surface area contributed by atoms with Crippen molar-refractivity contribution >= 4 is 11.6 Å². The number of hydrogen-bond acceptors (Lipinski definition) is 5. The van der Waals surface area contributed by atoms with Crippen LogP contribution in [0.3, 0.4) is 0 Å². The number of fused-ring (bicyclic) bond motifs is 1. The number of carbonyl (C=O) groups excluding carboxylic acids is 1. The van der Waals surface area contributed by atoms with Gasteiger partial charge in [-0.25, -0.2) is 0 Å². The lowest BCUT2D eigenvalue weighted by Crippen LogP contribution is -2.62. The minimum absolute atomic E-state index is 0.131. The van der Waals surface area contributed by atoms with Crippen molar-refractivity contribution in [1.29, 1.82) is 0 Å². The fourth-order valence-electron chi connectivity index (χ4n) is 3.40. The number of methoxy groups -OCH3 is 1. The Bertz CT molecular complexity index is 722. The van der Waals surface area contributed by atoms with Crippen molar-refractivity contribution < 1.29 is 32.5 Å². The normalized spacial score (nSPS) is 25.5. The van der Waals surface area contributed by atoms with Gasteiger partial charge in [-0.3, -0.25) is 4.79 Å². The number of rotatable bonds is 4. The average molecular weight is 372 g/mol. The van der Waals surface area contributed by atoms with Crippen molar-refractivity contribution in [3.63, 3.8) is 0 Å². The molecule has 1 aliphatic heterocycles. The molecule has 1 amide bonds. The number of benzene rings is 1. The second-order valence-electron chi connectivity index (χ2n) is 6.26. The Morgan fingerprint density at radius 1 is 1.35 bits per heavy atom. The molecule has 0 saturated heterocycles. The fourth-order valence-corrected chi connectivity index (χ4v) is 3.40. The van der Waals surface area contributed by atoms with Gasteiger partial charge in [-0.15, -0.1) is 0 Å². The standard InChI is InChI=1S/C17H19F3N2O4/c1-25-13-8-4-5-9-14(13)26-10-15(23)22-16(24,17(18,19)20)11-6-2-3-7-12(11)21-22/h4-5,8-9,11,24H,2-3,6-7,10H2,1H3. The van der Waals surface area contributed by atoms with E-state index in [0.717, 1.165) is 0 Å². The third kappa shape index (κ3) is 3.00. The summed E-state index contributed by atoms with van der Waals surface area (Å²) in [5.41, 5.74) is -3.12. The number of carbonyl (C=O) groups is 1. The van der Waals surface area contributed by atoms with Crippen molar-refractivity contribution in [2.24, 2.45) is 11.0 Å². The maximum atomic E-state index is 13.6. The molecule has 3 rings (SSSR count). The Labute approximate surface area is 148 Å². The zero-order chi connectivity index (χ0) is 18.9. The number of alkyl halides is 3. The predicted octanol–water partition coefficient (Wildman–Crippen LogP) is 2.71. The van der Waals surface area contributed by atoms with Crippen LogP contribution in [0.15, 0.2) is 29.4 Å². The van der Waals surface area contributed by atoms with Gasteiger partial charge in [0.05, 0.1) is 13.0 Å². The van der Waals surface area contributed by atoms with E-state index in [1.54, 1.807) is 18.2 Å². The molecule has 1 aromatic carbocycles. The zero-order valence-electron chi connectivity index (χ0n) is 14.1. The lowest BCUT2D eigenvalue weighted by Gasteiger charge is -2.38. The number of halogens is 3. The quantitative estimate of drug-likeness (QED) is 0.882. The van der Waals surface area contributed by atoms with Crippen LogP contribution in [0.25, 0.3) is 0 Å². The van der Waals surface area contributed by atoms with Gasteiger partial charge in [0.2, 0.25) is 0 Å². The average Bonchev–Trinajstić information content (AvgIpc) is 2.94. The Morgan fingerprint density at radius 2 is 2.04 bits per heavy atom. The van der Waals surface area contributed by atoms with Crippen LogP contribution >= 0.6 is 0 Å². The van der Waals surface area contributed by atoms with Crippen LogP contribution in [0, 0.1) is 5.92 Å². The molecule has 1 aromatic rings. The fraction of sp³-hybridized carbons (Fsp3) is 0.529. The van der Waals surface area contributed by atoms with Gasteiger partial charge < -0.3 is 14.6 Å². The zero-order valence-corrected chi connectivity index (χ0v) is 14.1. The SMILES string of the molecule is COc1ccccc1OCC(=O)N1N=C2CCCCC2C1(O)C(F)(F)F. The number of para-hydroxylation sites is 2. The van der Waals surface area contributed by atoms with Crippen LogP contribution < -0.4 is 9.47 Å². The summed E-state index contributed by atoms with van der Waals surface area (Å²) in [6.45, 7) is -0.706. The summed E-state index contributed by atoms with van der Waals surface area (Å²) in [5.74, 6) is -1.75. The summed E-state index contributed by atoms with van der Waals surface area (Å²) in [4.78, 5) is 12.4. The van der Waals surface area contributed by atoms with E-state index in [0.29, 0.717) is 25.0 Å². The van der Waals surface area contributed by atoms with Crippen LogP contribution in [0.4, 0.5) is 13.2 Å². The van der Waals surface area contributed by atoms with Crippen molar-refractivity contribution in [3.05, 3.63) is 24.3 Å². The van der Waals surface area contributed by atoms with Crippen molar-refractivity contribution in [3.8, 4) is 11.5 Å². The summed E-state index contributed by atoms with van der Waals surface area (Å²) in [6.07, 6.45) is -3.34. The second-order valence-corrected chi connectivity index (χ2v) is 6.26. The molecule has 142 valence electrons. The van der Waals surface area contributed by atoms with Gasteiger partial charge in [-0.05, 0) is 31.4 Å². The first-order chi connectivity index (χ1) is 12.3. The van der Waals surface area contributed by atoms with Gasteiger partial charge in [0.15, 0.2) is 18.1 Å². The molecule has 2 unspecified atom stereocenters. The molecule has 2 atom stereocenters. The monoisotopic (exact) mass is 372 g/mol. The molecule has 1 saturated carbocycles. The highest BCUT2D eigenvalue weighted by atomic mass is 19.4.